The van der Waals surface area contributed by atoms with Crippen LogP contribution in [-0.2, 0) is 4.74 Å². The summed E-state index contributed by atoms with van der Waals surface area (Å²) in [5.74, 6) is -0.00980. The molecule has 1 aliphatic rings. The lowest BCUT2D eigenvalue weighted by Gasteiger charge is -2.24. The Morgan fingerprint density at radius 3 is 2.56 bits per heavy atom. The van der Waals surface area contributed by atoms with Gasteiger partial charge in [0, 0.05) is 5.92 Å². The lowest BCUT2D eigenvalue weighted by atomic mass is 9.82. The molecule has 1 aromatic heterocycles. The summed E-state index contributed by atoms with van der Waals surface area (Å²) in [4.78, 5) is 11.8. The monoisotopic (exact) mass is 223 g/mol. The van der Waals surface area contributed by atoms with Crippen molar-refractivity contribution in [3.05, 3.63) is 11.4 Å². The molecule has 1 saturated carbocycles. The highest BCUT2D eigenvalue weighted by atomic mass is 16.6. The standard InChI is InChI=1S/C11H17N3O2/c1-11(2,3)16-10(15)9-8(12-14-13-9)7-5-4-6-7/h7H,4-6H2,1-3H3,(H,12,13,14). The van der Waals surface area contributed by atoms with E-state index < -0.39 is 5.60 Å². The number of hydrogen-bond donors (Lipinski definition) is 1. The van der Waals surface area contributed by atoms with Gasteiger partial charge in [0.2, 0.25) is 0 Å². The van der Waals surface area contributed by atoms with Crippen LogP contribution in [0.2, 0.25) is 0 Å². The normalized spacial score (nSPS) is 16.9. The zero-order valence-corrected chi connectivity index (χ0v) is 9.91. The smallest absolute Gasteiger partial charge is 0.361 e. The maximum atomic E-state index is 11.8. The minimum Gasteiger partial charge on any atom is -0.455 e. The number of nitrogens with one attached hydrogen (secondary N) is 1. The lowest BCUT2D eigenvalue weighted by Crippen LogP contribution is -2.25. The van der Waals surface area contributed by atoms with Crippen LogP contribution in [0.4, 0.5) is 0 Å². The van der Waals surface area contributed by atoms with E-state index in [1.807, 2.05) is 20.8 Å². The van der Waals surface area contributed by atoms with E-state index in [1.165, 1.54) is 6.42 Å². The molecule has 16 heavy (non-hydrogen) atoms. The van der Waals surface area contributed by atoms with E-state index in [0.717, 1.165) is 18.5 Å². The number of rotatable bonds is 2. The van der Waals surface area contributed by atoms with Crippen molar-refractivity contribution in [1.29, 1.82) is 0 Å². The molecular formula is C11H17N3O2. The maximum absolute atomic E-state index is 11.8. The van der Waals surface area contributed by atoms with Crippen LogP contribution in [0.25, 0.3) is 0 Å². The summed E-state index contributed by atoms with van der Waals surface area (Å²) in [6, 6.07) is 0. The summed E-state index contributed by atoms with van der Waals surface area (Å²) in [7, 11) is 0. The van der Waals surface area contributed by atoms with Crippen LogP contribution in [-0.4, -0.2) is 27.0 Å². The van der Waals surface area contributed by atoms with E-state index in [1.54, 1.807) is 0 Å². The molecule has 1 N–H and O–H groups in total. The van der Waals surface area contributed by atoms with Gasteiger partial charge >= 0.3 is 5.97 Å². The van der Waals surface area contributed by atoms with Crippen LogP contribution in [0.1, 0.15) is 62.1 Å². The van der Waals surface area contributed by atoms with Gasteiger partial charge in [-0.25, -0.2) is 4.79 Å². The predicted molar refractivity (Wildman–Crippen MR) is 58.1 cm³/mol. The second-order valence-electron chi connectivity index (χ2n) is 5.19. The molecule has 5 nitrogen and oxygen atoms in total. The fraction of sp³-hybridized carbons (Fsp3) is 0.727. The zero-order chi connectivity index (χ0) is 11.8. The van der Waals surface area contributed by atoms with E-state index in [2.05, 4.69) is 15.4 Å². The van der Waals surface area contributed by atoms with Crippen molar-refractivity contribution in [1.82, 2.24) is 15.4 Å². The molecule has 0 atom stereocenters. The number of ether oxygens (including phenoxy) is 1. The van der Waals surface area contributed by atoms with Gasteiger partial charge in [0.05, 0.1) is 0 Å². The van der Waals surface area contributed by atoms with Crippen molar-refractivity contribution >= 4 is 5.97 Å². The van der Waals surface area contributed by atoms with Crippen molar-refractivity contribution in [2.24, 2.45) is 0 Å². The third-order valence-corrected chi connectivity index (χ3v) is 2.66. The molecule has 1 aliphatic carbocycles. The van der Waals surface area contributed by atoms with Crippen LogP contribution in [0, 0.1) is 0 Å². The summed E-state index contributed by atoms with van der Waals surface area (Å²) in [5, 5.41) is 10.5. The molecule has 0 unspecified atom stereocenters. The van der Waals surface area contributed by atoms with Crippen LogP contribution in [0.3, 0.4) is 0 Å². The van der Waals surface area contributed by atoms with Gasteiger partial charge < -0.3 is 4.74 Å². The molecule has 1 fully saturated rings. The Labute approximate surface area is 94.6 Å². The number of carbonyl (C=O) groups excluding carboxylic acids is 1. The molecule has 5 heteroatoms. The van der Waals surface area contributed by atoms with Crippen LogP contribution in [0.5, 0.6) is 0 Å². The summed E-state index contributed by atoms with van der Waals surface area (Å²) in [6.45, 7) is 5.52. The van der Waals surface area contributed by atoms with Gasteiger partial charge in [-0.2, -0.15) is 10.3 Å². The van der Waals surface area contributed by atoms with Crippen molar-refractivity contribution in [3.63, 3.8) is 0 Å². The number of esters is 1. The second kappa shape index (κ2) is 3.88. The minimum atomic E-state index is -0.493. The average Bonchev–Trinajstić information content (AvgIpc) is 2.45. The Hall–Kier alpha value is -1.39. The van der Waals surface area contributed by atoms with Gasteiger partial charge in [-0.3, -0.25) is 0 Å². The van der Waals surface area contributed by atoms with Crippen LogP contribution < -0.4 is 0 Å². The van der Waals surface area contributed by atoms with E-state index in [9.17, 15) is 4.79 Å². The third-order valence-electron chi connectivity index (χ3n) is 2.66. The van der Waals surface area contributed by atoms with Gasteiger partial charge in [-0.15, -0.1) is 5.10 Å². The SMILES string of the molecule is CC(C)(C)OC(=O)c1n[nH]nc1C1CCC1. The maximum Gasteiger partial charge on any atom is 0.361 e. The van der Waals surface area contributed by atoms with E-state index in [0.29, 0.717) is 11.6 Å². The van der Waals surface area contributed by atoms with Gasteiger partial charge in [0.1, 0.15) is 11.3 Å². The van der Waals surface area contributed by atoms with Gasteiger partial charge in [0.15, 0.2) is 5.69 Å². The molecule has 0 spiro atoms. The van der Waals surface area contributed by atoms with Gasteiger partial charge in [-0.1, -0.05) is 6.42 Å². The number of nitrogens with zero attached hydrogens (tertiary/aromatic N) is 2. The Balaban J connectivity index is 2.14. The molecule has 1 aromatic rings. The largest absolute Gasteiger partial charge is 0.455 e. The fourth-order valence-electron chi connectivity index (χ4n) is 1.68. The Morgan fingerprint density at radius 2 is 2.06 bits per heavy atom. The highest BCUT2D eigenvalue weighted by molar-refractivity contribution is 5.88. The first-order valence-electron chi connectivity index (χ1n) is 5.61. The number of carbonyl (C=O) groups is 1. The Bertz CT molecular complexity index is 388. The minimum absolute atomic E-state index is 0.347. The third kappa shape index (κ3) is 2.23. The van der Waals surface area contributed by atoms with Crippen molar-refractivity contribution in [3.8, 4) is 0 Å². The molecule has 0 radical (unpaired) electrons. The summed E-state index contributed by atoms with van der Waals surface area (Å²) >= 11 is 0. The molecule has 0 aliphatic heterocycles. The Kier molecular flexibility index (Phi) is 2.69. The molecule has 0 aromatic carbocycles. The number of hydrogen-bond acceptors (Lipinski definition) is 4. The number of aromatic nitrogens is 3. The van der Waals surface area contributed by atoms with E-state index in [-0.39, 0.29) is 5.97 Å². The molecular weight excluding hydrogens is 206 g/mol. The summed E-state index contributed by atoms with van der Waals surface area (Å²) < 4.78 is 5.28. The molecule has 0 bridgehead atoms. The van der Waals surface area contributed by atoms with Crippen LogP contribution in [0.15, 0.2) is 0 Å². The van der Waals surface area contributed by atoms with E-state index >= 15 is 0 Å². The predicted octanol–water partition coefficient (Wildman–Crippen LogP) is 2.03. The van der Waals surface area contributed by atoms with Crippen LogP contribution >= 0.6 is 0 Å². The van der Waals surface area contributed by atoms with Crippen molar-refractivity contribution in [2.45, 2.75) is 51.6 Å². The highest BCUT2D eigenvalue weighted by Gasteiger charge is 2.30. The molecule has 2 rings (SSSR count). The van der Waals surface area contributed by atoms with Crippen molar-refractivity contribution < 1.29 is 9.53 Å². The Morgan fingerprint density at radius 1 is 1.38 bits per heavy atom. The van der Waals surface area contributed by atoms with Gasteiger partial charge in [-0.05, 0) is 33.6 Å². The summed E-state index contributed by atoms with van der Waals surface area (Å²) in [5.41, 5.74) is 0.618. The topological polar surface area (TPSA) is 67.9 Å². The first-order valence-corrected chi connectivity index (χ1v) is 5.61. The zero-order valence-electron chi connectivity index (χ0n) is 9.91. The molecule has 0 saturated heterocycles. The second-order valence-corrected chi connectivity index (χ2v) is 5.19. The number of H-pyrrole nitrogens is 1. The van der Waals surface area contributed by atoms with E-state index in [4.69, 9.17) is 4.74 Å². The van der Waals surface area contributed by atoms with Gasteiger partial charge in [0.25, 0.3) is 0 Å². The summed E-state index contributed by atoms with van der Waals surface area (Å²) in [6.07, 6.45) is 3.37. The molecule has 1 heterocycles. The average molecular weight is 223 g/mol. The quantitative estimate of drug-likeness (QED) is 0.779. The molecule has 88 valence electrons. The molecule has 0 amide bonds. The number of aromatic amines is 1. The fourth-order valence-corrected chi connectivity index (χ4v) is 1.68. The first kappa shape index (κ1) is 11.1. The van der Waals surface area contributed by atoms with Crippen molar-refractivity contribution in [2.75, 3.05) is 0 Å². The lowest BCUT2D eigenvalue weighted by molar-refractivity contribution is 0.00604. The highest BCUT2D eigenvalue weighted by Crippen LogP contribution is 2.36. The first-order chi connectivity index (χ1) is 7.47.